The maximum absolute atomic E-state index is 12.5. The molecular weight excluding hydrogens is 330 g/mol. The highest BCUT2D eigenvalue weighted by molar-refractivity contribution is 5.77. The number of rotatable bonds is 4. The van der Waals surface area contributed by atoms with Crippen LogP contribution in [-0.4, -0.2) is 35.9 Å². The molecule has 132 valence electrons. The summed E-state index contributed by atoms with van der Waals surface area (Å²) < 4.78 is 9.09. The molecule has 1 unspecified atom stereocenters. The highest BCUT2D eigenvalue weighted by atomic mass is 16.7. The molecule has 2 aromatic rings. The van der Waals surface area contributed by atoms with Gasteiger partial charge in [0.25, 0.3) is 5.56 Å². The van der Waals surface area contributed by atoms with E-state index in [1.807, 2.05) is 0 Å². The minimum Gasteiger partial charge on any atom is -0.311 e. The average molecular weight is 347 g/mol. The molecule has 0 fully saturated rings. The number of hydrogen-bond donors (Lipinski definition) is 0. The largest absolute Gasteiger partial charge is 0.348 e. The van der Waals surface area contributed by atoms with Gasteiger partial charge in [-0.2, -0.15) is 0 Å². The van der Waals surface area contributed by atoms with Gasteiger partial charge in [0.2, 0.25) is 0 Å². The molecule has 25 heavy (non-hydrogen) atoms. The first kappa shape index (κ1) is 16.8. The van der Waals surface area contributed by atoms with Gasteiger partial charge in [-0.05, 0) is 13.0 Å². The van der Waals surface area contributed by atoms with Gasteiger partial charge < -0.3 is 4.74 Å². The second-order valence-electron chi connectivity index (χ2n) is 5.69. The number of fused-ring (bicyclic) bond motifs is 1. The fraction of sp³-hybridized carbons (Fsp3) is 0.400. The smallest absolute Gasteiger partial charge is 0.311 e. The molecule has 0 saturated carbocycles. The second kappa shape index (κ2) is 5.81. The van der Waals surface area contributed by atoms with Crippen LogP contribution in [-0.2, 0) is 18.8 Å². The summed E-state index contributed by atoms with van der Waals surface area (Å²) in [5, 5.41) is 11.3. The Kier molecular flexibility index (Phi) is 3.91. The highest BCUT2D eigenvalue weighted by Gasteiger charge is 2.42. The third kappa shape index (κ3) is 2.41. The summed E-state index contributed by atoms with van der Waals surface area (Å²) in [6.45, 7) is 1.89. The molecule has 0 amide bonds. The number of ether oxygens (including phenoxy) is 1. The van der Waals surface area contributed by atoms with E-state index in [0.29, 0.717) is 5.70 Å². The Bertz CT molecular complexity index is 1040. The van der Waals surface area contributed by atoms with E-state index in [1.165, 1.54) is 41.7 Å². The van der Waals surface area contributed by atoms with Gasteiger partial charge in [0, 0.05) is 25.9 Å². The molecule has 0 bridgehead atoms. The molecular formula is C15H17N5O5. The zero-order valence-electron chi connectivity index (χ0n) is 14.0. The molecule has 0 aliphatic heterocycles. The standard InChI is InChI=1S/C15H17N5O5/c1-4-25-15(20(23)24)7-5-10(6-8-15)19-9-16-12-11(19)13(21)18(3)14(22)17(12)2/h5-7,9H,4,8H2,1-3H3. The van der Waals surface area contributed by atoms with Crippen molar-refractivity contribution in [3.63, 3.8) is 0 Å². The fourth-order valence-corrected chi connectivity index (χ4v) is 2.87. The number of nitro groups is 1. The molecule has 0 aromatic carbocycles. The SMILES string of the molecule is CCOC1([N+](=O)[O-])C=CC(n2cnc3c2c(=O)n(C)c(=O)n3C)=CC1. The van der Waals surface area contributed by atoms with Crippen molar-refractivity contribution in [2.24, 2.45) is 14.1 Å². The van der Waals surface area contributed by atoms with Crippen molar-refractivity contribution < 1.29 is 9.66 Å². The van der Waals surface area contributed by atoms with Crippen molar-refractivity contribution in [1.29, 1.82) is 0 Å². The Morgan fingerprint density at radius 2 is 2.08 bits per heavy atom. The van der Waals surface area contributed by atoms with Crippen LogP contribution in [0.25, 0.3) is 16.9 Å². The van der Waals surface area contributed by atoms with Crippen LogP contribution in [0.2, 0.25) is 0 Å². The van der Waals surface area contributed by atoms with Crippen molar-refractivity contribution >= 4 is 16.9 Å². The molecule has 1 aliphatic carbocycles. The predicted octanol–water partition coefficient (Wildman–Crippen LogP) is 0.244. The van der Waals surface area contributed by atoms with Crippen LogP contribution in [0.15, 0.2) is 34.1 Å². The Morgan fingerprint density at radius 1 is 1.36 bits per heavy atom. The van der Waals surface area contributed by atoms with Crippen LogP contribution in [0, 0.1) is 10.1 Å². The molecule has 10 heteroatoms. The number of aryl methyl sites for hydroxylation is 1. The topological polar surface area (TPSA) is 114 Å². The number of imidazole rings is 1. The van der Waals surface area contributed by atoms with Crippen molar-refractivity contribution in [1.82, 2.24) is 18.7 Å². The van der Waals surface area contributed by atoms with E-state index in [0.717, 1.165) is 4.57 Å². The molecule has 10 nitrogen and oxygen atoms in total. The summed E-state index contributed by atoms with van der Waals surface area (Å²) in [6.07, 6.45) is 5.94. The van der Waals surface area contributed by atoms with Crippen LogP contribution in [0.5, 0.6) is 0 Å². The lowest BCUT2D eigenvalue weighted by molar-refractivity contribution is -0.612. The average Bonchev–Trinajstić information content (AvgIpc) is 3.04. The zero-order valence-corrected chi connectivity index (χ0v) is 14.0. The summed E-state index contributed by atoms with van der Waals surface area (Å²) >= 11 is 0. The van der Waals surface area contributed by atoms with E-state index >= 15 is 0 Å². The number of hydrogen-bond acceptors (Lipinski definition) is 6. The van der Waals surface area contributed by atoms with Gasteiger partial charge in [0.15, 0.2) is 11.2 Å². The molecule has 2 heterocycles. The Labute approximate surface area is 141 Å². The lowest BCUT2D eigenvalue weighted by Crippen LogP contribution is -2.40. The van der Waals surface area contributed by atoms with Crippen LogP contribution in [0.1, 0.15) is 13.3 Å². The maximum atomic E-state index is 12.5. The first-order valence-corrected chi connectivity index (χ1v) is 7.63. The third-order valence-electron chi connectivity index (χ3n) is 4.25. The van der Waals surface area contributed by atoms with E-state index in [9.17, 15) is 19.7 Å². The zero-order chi connectivity index (χ0) is 18.4. The molecule has 2 aromatic heterocycles. The molecule has 1 aliphatic rings. The van der Waals surface area contributed by atoms with E-state index in [2.05, 4.69) is 4.98 Å². The van der Waals surface area contributed by atoms with Gasteiger partial charge in [-0.25, -0.2) is 9.78 Å². The van der Waals surface area contributed by atoms with Crippen LogP contribution in [0.4, 0.5) is 0 Å². The number of allylic oxidation sites excluding steroid dienone is 2. The lowest BCUT2D eigenvalue weighted by Gasteiger charge is -2.23. The summed E-state index contributed by atoms with van der Waals surface area (Å²) in [4.78, 5) is 39.4. The van der Waals surface area contributed by atoms with E-state index in [1.54, 1.807) is 13.0 Å². The van der Waals surface area contributed by atoms with Gasteiger partial charge in [0.05, 0.1) is 18.0 Å². The van der Waals surface area contributed by atoms with E-state index < -0.39 is 21.9 Å². The van der Waals surface area contributed by atoms with E-state index in [-0.39, 0.29) is 24.2 Å². The summed E-state index contributed by atoms with van der Waals surface area (Å²) in [6, 6.07) is 0. The molecule has 0 N–H and O–H groups in total. The van der Waals surface area contributed by atoms with Gasteiger partial charge in [-0.15, -0.1) is 0 Å². The van der Waals surface area contributed by atoms with Crippen LogP contribution < -0.4 is 11.2 Å². The number of aromatic nitrogens is 4. The first-order valence-electron chi connectivity index (χ1n) is 7.63. The van der Waals surface area contributed by atoms with Crippen molar-refractivity contribution in [2.75, 3.05) is 6.61 Å². The third-order valence-corrected chi connectivity index (χ3v) is 4.25. The molecule has 3 rings (SSSR count). The van der Waals surface area contributed by atoms with Gasteiger partial charge in [-0.1, -0.05) is 6.08 Å². The van der Waals surface area contributed by atoms with Crippen LogP contribution in [0.3, 0.4) is 0 Å². The highest BCUT2D eigenvalue weighted by Crippen LogP contribution is 2.28. The number of nitrogens with zero attached hydrogens (tertiary/aromatic N) is 5. The van der Waals surface area contributed by atoms with Crippen molar-refractivity contribution in [3.05, 3.63) is 55.5 Å². The fourth-order valence-electron chi connectivity index (χ4n) is 2.87. The van der Waals surface area contributed by atoms with Crippen molar-refractivity contribution in [3.8, 4) is 0 Å². The van der Waals surface area contributed by atoms with Gasteiger partial charge in [-0.3, -0.25) is 28.6 Å². The first-order chi connectivity index (χ1) is 11.8. The molecule has 1 atom stereocenters. The molecule has 0 spiro atoms. The molecule has 0 saturated heterocycles. The lowest BCUT2D eigenvalue weighted by atomic mass is 10.0. The minimum absolute atomic E-state index is 0.0193. The van der Waals surface area contributed by atoms with Gasteiger partial charge >= 0.3 is 11.4 Å². The Morgan fingerprint density at radius 3 is 2.64 bits per heavy atom. The quantitative estimate of drug-likeness (QED) is 0.445. The monoisotopic (exact) mass is 347 g/mol. The second-order valence-corrected chi connectivity index (χ2v) is 5.69. The predicted molar refractivity (Wildman–Crippen MR) is 89.6 cm³/mol. The normalized spacial score (nSPS) is 20.0. The van der Waals surface area contributed by atoms with E-state index in [4.69, 9.17) is 4.74 Å². The summed E-state index contributed by atoms with van der Waals surface area (Å²) in [5.41, 5.74) is -1.54. The summed E-state index contributed by atoms with van der Waals surface area (Å²) in [7, 11) is 2.92. The van der Waals surface area contributed by atoms with Gasteiger partial charge in [0.1, 0.15) is 6.33 Å². The van der Waals surface area contributed by atoms with Crippen LogP contribution >= 0.6 is 0 Å². The Hall–Kier alpha value is -3.01. The minimum atomic E-state index is -1.60. The van der Waals surface area contributed by atoms with Crippen molar-refractivity contribution in [2.45, 2.75) is 19.1 Å². The summed E-state index contributed by atoms with van der Waals surface area (Å²) in [5.74, 6) is 0. The maximum Gasteiger partial charge on any atom is 0.348 e. The molecule has 0 radical (unpaired) electrons. The Balaban J connectivity index is 2.13.